The van der Waals surface area contributed by atoms with E-state index in [1.165, 1.54) is 12.1 Å². The molecule has 2 aromatic rings. The lowest BCUT2D eigenvalue weighted by Gasteiger charge is -2.09. The number of halogens is 2. The van der Waals surface area contributed by atoms with E-state index >= 15 is 0 Å². The minimum Gasteiger partial charge on any atom is -0.397 e. The van der Waals surface area contributed by atoms with Gasteiger partial charge in [0.15, 0.2) is 0 Å². The Morgan fingerprint density at radius 2 is 1.75 bits per heavy atom. The zero-order chi connectivity index (χ0) is 11.5. The van der Waals surface area contributed by atoms with Crippen LogP contribution in [0.3, 0.4) is 0 Å². The van der Waals surface area contributed by atoms with Crippen molar-refractivity contribution < 1.29 is 4.39 Å². The third-order valence-corrected chi connectivity index (χ3v) is 2.81. The van der Waals surface area contributed by atoms with Crippen LogP contribution in [0, 0.1) is 9.39 Å². The number of nitrogens with two attached hydrogens (primary N) is 1. The van der Waals surface area contributed by atoms with Crippen LogP contribution in [-0.2, 0) is 0 Å². The third-order valence-electron chi connectivity index (χ3n) is 2.14. The van der Waals surface area contributed by atoms with Gasteiger partial charge < -0.3 is 11.1 Å². The van der Waals surface area contributed by atoms with Gasteiger partial charge in [0.2, 0.25) is 0 Å². The summed E-state index contributed by atoms with van der Waals surface area (Å²) in [5.41, 5.74) is 8.17. The molecule has 0 fully saturated rings. The number of rotatable bonds is 2. The molecule has 0 saturated carbocycles. The standard InChI is InChI=1S/C12H10FIN2/c13-8-1-4-10(5-2-8)16-12-6-3-9(14)7-11(12)15/h1-7,16H,15H2. The summed E-state index contributed by atoms with van der Waals surface area (Å²) in [5.74, 6) is -0.249. The lowest BCUT2D eigenvalue weighted by atomic mass is 10.2. The Kier molecular flexibility index (Phi) is 3.28. The number of hydrogen-bond acceptors (Lipinski definition) is 2. The molecule has 0 unspecified atom stereocenters. The fourth-order valence-electron chi connectivity index (χ4n) is 1.34. The molecule has 0 aromatic heterocycles. The van der Waals surface area contributed by atoms with Crippen LogP contribution in [0.25, 0.3) is 0 Å². The van der Waals surface area contributed by atoms with Crippen molar-refractivity contribution in [2.24, 2.45) is 0 Å². The average Bonchev–Trinajstić information content (AvgIpc) is 2.25. The lowest BCUT2D eigenvalue weighted by molar-refractivity contribution is 0.628. The third kappa shape index (κ3) is 2.63. The highest BCUT2D eigenvalue weighted by molar-refractivity contribution is 14.1. The van der Waals surface area contributed by atoms with Gasteiger partial charge in [-0.25, -0.2) is 4.39 Å². The van der Waals surface area contributed by atoms with Crippen molar-refractivity contribution in [1.82, 2.24) is 0 Å². The summed E-state index contributed by atoms with van der Waals surface area (Å²) in [7, 11) is 0. The second-order valence-corrected chi connectivity index (χ2v) is 4.61. The van der Waals surface area contributed by atoms with Crippen molar-refractivity contribution in [2.45, 2.75) is 0 Å². The molecule has 0 atom stereocenters. The van der Waals surface area contributed by atoms with E-state index < -0.39 is 0 Å². The molecule has 0 amide bonds. The SMILES string of the molecule is Nc1cc(I)ccc1Nc1ccc(F)cc1. The molecule has 0 spiro atoms. The number of nitrogens with one attached hydrogen (secondary N) is 1. The first kappa shape index (κ1) is 11.2. The molecule has 0 aliphatic rings. The van der Waals surface area contributed by atoms with Crippen molar-refractivity contribution in [3.63, 3.8) is 0 Å². The Morgan fingerprint density at radius 3 is 2.38 bits per heavy atom. The van der Waals surface area contributed by atoms with Crippen LogP contribution in [-0.4, -0.2) is 0 Å². The molecule has 16 heavy (non-hydrogen) atoms. The van der Waals surface area contributed by atoms with Gasteiger partial charge in [0, 0.05) is 9.26 Å². The fraction of sp³-hybridized carbons (Fsp3) is 0. The maximum Gasteiger partial charge on any atom is 0.123 e. The molecule has 2 nitrogen and oxygen atoms in total. The van der Waals surface area contributed by atoms with Gasteiger partial charge in [-0.1, -0.05) is 0 Å². The second kappa shape index (κ2) is 4.69. The van der Waals surface area contributed by atoms with E-state index in [9.17, 15) is 4.39 Å². The van der Waals surface area contributed by atoms with Crippen LogP contribution in [0.1, 0.15) is 0 Å². The molecule has 0 bridgehead atoms. The second-order valence-electron chi connectivity index (χ2n) is 3.36. The van der Waals surface area contributed by atoms with Crippen LogP contribution in [0.2, 0.25) is 0 Å². The van der Waals surface area contributed by atoms with Crippen molar-refractivity contribution in [3.05, 3.63) is 51.9 Å². The van der Waals surface area contributed by atoms with Crippen LogP contribution < -0.4 is 11.1 Å². The highest BCUT2D eigenvalue weighted by Crippen LogP contribution is 2.24. The molecule has 2 aromatic carbocycles. The van der Waals surface area contributed by atoms with Crippen LogP contribution in [0.5, 0.6) is 0 Å². The summed E-state index contributed by atoms with van der Waals surface area (Å²) < 4.78 is 13.8. The molecule has 0 radical (unpaired) electrons. The topological polar surface area (TPSA) is 38.0 Å². The molecule has 0 aliphatic carbocycles. The summed E-state index contributed by atoms with van der Waals surface area (Å²) in [6, 6.07) is 11.9. The summed E-state index contributed by atoms with van der Waals surface area (Å²) in [6.45, 7) is 0. The molecule has 0 aliphatic heterocycles. The normalized spacial score (nSPS) is 10.1. The van der Waals surface area contributed by atoms with Crippen molar-refractivity contribution in [1.29, 1.82) is 0 Å². The van der Waals surface area contributed by atoms with Gasteiger partial charge in [0.1, 0.15) is 5.82 Å². The van der Waals surface area contributed by atoms with Crippen molar-refractivity contribution in [2.75, 3.05) is 11.1 Å². The monoisotopic (exact) mass is 328 g/mol. The summed E-state index contributed by atoms with van der Waals surface area (Å²) >= 11 is 2.20. The zero-order valence-electron chi connectivity index (χ0n) is 8.37. The van der Waals surface area contributed by atoms with E-state index in [4.69, 9.17) is 5.73 Å². The number of anilines is 3. The maximum atomic E-state index is 12.7. The Labute approximate surface area is 107 Å². The van der Waals surface area contributed by atoms with Gasteiger partial charge in [-0.05, 0) is 65.1 Å². The van der Waals surface area contributed by atoms with Crippen LogP contribution in [0.4, 0.5) is 21.5 Å². The van der Waals surface area contributed by atoms with Gasteiger partial charge in [-0.2, -0.15) is 0 Å². The molecule has 82 valence electrons. The van der Waals surface area contributed by atoms with Crippen molar-refractivity contribution in [3.8, 4) is 0 Å². The van der Waals surface area contributed by atoms with E-state index in [1.807, 2.05) is 18.2 Å². The van der Waals surface area contributed by atoms with Gasteiger partial charge in [-0.3, -0.25) is 0 Å². The van der Waals surface area contributed by atoms with E-state index in [2.05, 4.69) is 27.9 Å². The minimum atomic E-state index is -0.249. The first-order valence-corrected chi connectivity index (χ1v) is 5.80. The Morgan fingerprint density at radius 1 is 1.06 bits per heavy atom. The Balaban J connectivity index is 2.23. The first-order valence-electron chi connectivity index (χ1n) is 4.73. The highest BCUT2D eigenvalue weighted by atomic mass is 127. The molecular weight excluding hydrogens is 318 g/mol. The van der Waals surface area contributed by atoms with E-state index in [0.29, 0.717) is 5.69 Å². The zero-order valence-corrected chi connectivity index (χ0v) is 10.5. The number of nitrogen functional groups attached to an aromatic ring is 1. The lowest BCUT2D eigenvalue weighted by Crippen LogP contribution is -1.96. The van der Waals surface area contributed by atoms with Gasteiger partial charge in [-0.15, -0.1) is 0 Å². The molecule has 2 rings (SSSR count). The van der Waals surface area contributed by atoms with Gasteiger partial charge in [0.25, 0.3) is 0 Å². The molecular formula is C12H10FIN2. The summed E-state index contributed by atoms with van der Waals surface area (Å²) in [6.07, 6.45) is 0. The minimum absolute atomic E-state index is 0.249. The highest BCUT2D eigenvalue weighted by Gasteiger charge is 2.00. The first-order chi connectivity index (χ1) is 7.65. The number of benzene rings is 2. The fourth-order valence-corrected chi connectivity index (χ4v) is 1.85. The molecule has 4 heteroatoms. The van der Waals surface area contributed by atoms with Gasteiger partial charge >= 0.3 is 0 Å². The summed E-state index contributed by atoms with van der Waals surface area (Å²) in [5, 5.41) is 3.13. The van der Waals surface area contributed by atoms with Crippen LogP contribution in [0.15, 0.2) is 42.5 Å². The predicted octanol–water partition coefficient (Wildman–Crippen LogP) is 3.76. The van der Waals surface area contributed by atoms with E-state index in [-0.39, 0.29) is 5.82 Å². The van der Waals surface area contributed by atoms with Crippen molar-refractivity contribution >= 4 is 39.7 Å². The van der Waals surface area contributed by atoms with Gasteiger partial charge in [0.05, 0.1) is 11.4 Å². The predicted molar refractivity (Wildman–Crippen MR) is 73.3 cm³/mol. The largest absolute Gasteiger partial charge is 0.397 e. The number of hydrogen-bond donors (Lipinski definition) is 2. The molecule has 0 saturated heterocycles. The van der Waals surface area contributed by atoms with E-state index in [0.717, 1.165) is 14.9 Å². The quantitative estimate of drug-likeness (QED) is 0.651. The Bertz CT molecular complexity index is 497. The smallest absolute Gasteiger partial charge is 0.123 e. The van der Waals surface area contributed by atoms with Crippen LogP contribution >= 0.6 is 22.6 Å². The Hall–Kier alpha value is -1.30. The average molecular weight is 328 g/mol. The molecule has 0 heterocycles. The van der Waals surface area contributed by atoms with E-state index in [1.54, 1.807) is 12.1 Å². The summed E-state index contributed by atoms with van der Waals surface area (Å²) in [4.78, 5) is 0. The maximum absolute atomic E-state index is 12.7. The molecule has 3 N–H and O–H groups in total.